The van der Waals surface area contributed by atoms with Crippen molar-refractivity contribution in [1.82, 2.24) is 14.5 Å². The summed E-state index contributed by atoms with van der Waals surface area (Å²) in [7, 11) is 0. The lowest BCUT2D eigenvalue weighted by Gasteiger charge is -2.17. The van der Waals surface area contributed by atoms with Crippen LogP contribution in [0.2, 0.25) is 0 Å². The van der Waals surface area contributed by atoms with Crippen LogP contribution in [0.3, 0.4) is 0 Å². The van der Waals surface area contributed by atoms with Crippen LogP contribution < -0.4 is 21.9 Å². The van der Waals surface area contributed by atoms with Crippen LogP contribution in [0.5, 0.6) is 0 Å². The Kier molecular flexibility index (Phi) is 6.77. The van der Waals surface area contributed by atoms with Gasteiger partial charge in [0.15, 0.2) is 0 Å². The summed E-state index contributed by atoms with van der Waals surface area (Å²) in [6.45, 7) is 1.64. The normalized spacial score (nSPS) is 16.9. The molecule has 0 bridgehead atoms. The Morgan fingerprint density at radius 2 is 2.00 bits per heavy atom. The number of aromatic nitrogens is 3. The maximum Gasteiger partial charge on any atom is 0.416 e. The topological polar surface area (TPSA) is 132 Å². The molecule has 12 heteroatoms. The highest BCUT2D eigenvalue weighted by Gasteiger charge is 2.36. The lowest BCUT2D eigenvalue weighted by atomic mass is 10.1. The van der Waals surface area contributed by atoms with Crippen molar-refractivity contribution >= 4 is 23.2 Å². The number of rotatable bonds is 7. The smallest absolute Gasteiger partial charge is 0.375 e. The molecule has 2 atom stereocenters. The summed E-state index contributed by atoms with van der Waals surface area (Å²) in [5, 5.41) is 5.51. The fraction of sp³-hybridized carbons (Fsp3) is 0.292. The number of fused-ring (bicyclic) bond motifs is 1. The summed E-state index contributed by atoms with van der Waals surface area (Å²) in [4.78, 5) is 46.6. The van der Waals surface area contributed by atoms with Crippen molar-refractivity contribution in [3.8, 4) is 0 Å². The van der Waals surface area contributed by atoms with Crippen molar-refractivity contribution in [2.24, 2.45) is 5.73 Å². The molecule has 0 fully saturated rings. The second-order valence-corrected chi connectivity index (χ2v) is 8.54. The minimum atomic E-state index is -4.52. The molecule has 2 aromatic heterocycles. The van der Waals surface area contributed by atoms with Gasteiger partial charge in [-0.25, -0.2) is 4.98 Å². The fourth-order valence-electron chi connectivity index (χ4n) is 4.18. The van der Waals surface area contributed by atoms with Crippen molar-refractivity contribution in [2.75, 3.05) is 10.6 Å². The minimum Gasteiger partial charge on any atom is -0.375 e. The summed E-state index contributed by atoms with van der Waals surface area (Å²) in [5.41, 5.74) is 4.78. The van der Waals surface area contributed by atoms with Gasteiger partial charge in [-0.05, 0) is 36.2 Å². The van der Waals surface area contributed by atoms with E-state index in [1.165, 1.54) is 22.9 Å². The molecule has 9 nitrogen and oxygen atoms in total. The van der Waals surface area contributed by atoms with Gasteiger partial charge < -0.3 is 16.4 Å². The number of alkyl halides is 3. The quantitative estimate of drug-likeness (QED) is 0.457. The monoisotopic (exact) mass is 500 g/mol. The summed E-state index contributed by atoms with van der Waals surface area (Å²) in [6, 6.07) is 7.02. The van der Waals surface area contributed by atoms with Gasteiger partial charge in [-0.3, -0.25) is 23.9 Å². The number of benzene rings is 1. The SMILES string of the molecule is CC1CC(C(N)=O)n2c1nc(CC(=O)Nc1cccnc1)c(NCc1cccc(C(F)(F)F)c1)c2=O. The Hall–Kier alpha value is -4.22. The molecule has 0 radical (unpaired) electrons. The third kappa shape index (κ3) is 5.21. The molecule has 4 N–H and O–H groups in total. The van der Waals surface area contributed by atoms with Crippen LogP contribution in [0.15, 0.2) is 53.6 Å². The third-order valence-corrected chi connectivity index (χ3v) is 5.87. The summed E-state index contributed by atoms with van der Waals surface area (Å²) in [6.07, 6.45) is -1.54. The molecule has 3 aromatic rings. The number of primary amides is 1. The van der Waals surface area contributed by atoms with Crippen molar-refractivity contribution < 1.29 is 22.8 Å². The molecule has 0 saturated carbocycles. The molecular weight excluding hydrogens is 477 g/mol. The lowest BCUT2D eigenvalue weighted by molar-refractivity contribution is -0.137. The van der Waals surface area contributed by atoms with Crippen molar-refractivity contribution in [1.29, 1.82) is 0 Å². The highest BCUT2D eigenvalue weighted by atomic mass is 19.4. The average molecular weight is 500 g/mol. The number of hydrogen-bond acceptors (Lipinski definition) is 6. The first-order valence-electron chi connectivity index (χ1n) is 11.1. The van der Waals surface area contributed by atoms with Crippen molar-refractivity contribution in [3.05, 3.63) is 81.8 Å². The first-order chi connectivity index (χ1) is 17.0. The zero-order valence-corrected chi connectivity index (χ0v) is 19.2. The van der Waals surface area contributed by atoms with Gasteiger partial charge in [-0.2, -0.15) is 13.2 Å². The van der Waals surface area contributed by atoms with Crippen LogP contribution in [-0.4, -0.2) is 26.3 Å². The van der Waals surface area contributed by atoms with Crippen LogP contribution in [0.1, 0.15) is 47.9 Å². The van der Waals surface area contributed by atoms with Gasteiger partial charge in [0.2, 0.25) is 11.8 Å². The van der Waals surface area contributed by atoms with E-state index in [4.69, 9.17) is 5.73 Å². The minimum absolute atomic E-state index is 0.0853. The van der Waals surface area contributed by atoms with Gasteiger partial charge in [-0.15, -0.1) is 0 Å². The first kappa shape index (κ1) is 24.9. The van der Waals surface area contributed by atoms with E-state index >= 15 is 0 Å². The van der Waals surface area contributed by atoms with Gasteiger partial charge in [-0.1, -0.05) is 19.1 Å². The molecular formula is C24H23F3N6O3. The van der Waals surface area contributed by atoms with E-state index in [1.54, 1.807) is 25.3 Å². The van der Waals surface area contributed by atoms with Crippen LogP contribution in [0, 0.1) is 0 Å². The zero-order chi connectivity index (χ0) is 26.0. The van der Waals surface area contributed by atoms with E-state index < -0.39 is 35.2 Å². The standard InChI is InChI=1S/C24H23F3N6O3/c1-13-8-18(21(28)35)33-22(13)32-17(10-19(34)31-16-6-3-7-29-12-16)20(23(33)36)30-11-14-4-2-5-15(9-14)24(25,26)27/h2-7,9,12-13,18,30H,8,10-11H2,1H3,(H2,28,35)(H,31,34). The van der Waals surface area contributed by atoms with Crippen LogP contribution in [0.25, 0.3) is 0 Å². The van der Waals surface area contributed by atoms with Crippen molar-refractivity contribution in [2.45, 2.75) is 44.4 Å². The van der Waals surface area contributed by atoms with Crippen LogP contribution in [0.4, 0.5) is 24.5 Å². The predicted octanol–water partition coefficient (Wildman–Crippen LogP) is 2.98. The van der Waals surface area contributed by atoms with Crippen LogP contribution >= 0.6 is 0 Å². The zero-order valence-electron chi connectivity index (χ0n) is 19.2. The van der Waals surface area contributed by atoms with Gasteiger partial charge >= 0.3 is 6.18 Å². The van der Waals surface area contributed by atoms with Gasteiger partial charge in [0.1, 0.15) is 17.6 Å². The second kappa shape index (κ2) is 9.80. The molecule has 1 aliphatic rings. The number of carbonyl (C=O) groups is 2. The Morgan fingerprint density at radius 1 is 1.22 bits per heavy atom. The first-order valence-corrected chi connectivity index (χ1v) is 11.1. The molecule has 2 amide bonds. The molecule has 1 aliphatic heterocycles. The Labute approximate surface area is 203 Å². The van der Waals surface area contributed by atoms with Gasteiger partial charge in [0.25, 0.3) is 5.56 Å². The maximum absolute atomic E-state index is 13.5. The molecule has 36 heavy (non-hydrogen) atoms. The van der Waals surface area contributed by atoms with E-state index in [1.807, 2.05) is 0 Å². The van der Waals surface area contributed by atoms with E-state index in [-0.39, 0.29) is 42.2 Å². The van der Waals surface area contributed by atoms with Crippen molar-refractivity contribution in [3.63, 3.8) is 0 Å². The lowest BCUT2D eigenvalue weighted by Crippen LogP contribution is -2.35. The molecule has 0 spiro atoms. The largest absolute Gasteiger partial charge is 0.416 e. The summed E-state index contributed by atoms with van der Waals surface area (Å²) < 4.78 is 40.5. The Bertz CT molecular complexity index is 1360. The number of anilines is 2. The average Bonchev–Trinajstić information content (AvgIpc) is 3.16. The van der Waals surface area contributed by atoms with E-state index in [0.717, 1.165) is 12.1 Å². The molecule has 0 aliphatic carbocycles. The highest BCUT2D eigenvalue weighted by Crippen LogP contribution is 2.34. The Morgan fingerprint density at radius 3 is 2.67 bits per heavy atom. The van der Waals surface area contributed by atoms with Gasteiger partial charge in [0.05, 0.1) is 29.6 Å². The number of nitrogens with zero attached hydrogens (tertiary/aromatic N) is 3. The number of halogens is 3. The Balaban J connectivity index is 1.69. The summed E-state index contributed by atoms with van der Waals surface area (Å²) >= 11 is 0. The molecule has 3 heterocycles. The molecule has 2 unspecified atom stereocenters. The maximum atomic E-state index is 13.5. The third-order valence-electron chi connectivity index (χ3n) is 5.87. The number of nitrogens with one attached hydrogen (secondary N) is 2. The number of pyridine rings is 1. The predicted molar refractivity (Wildman–Crippen MR) is 125 cm³/mol. The van der Waals surface area contributed by atoms with E-state index in [2.05, 4.69) is 20.6 Å². The molecule has 188 valence electrons. The number of hydrogen-bond donors (Lipinski definition) is 3. The van der Waals surface area contributed by atoms with Crippen LogP contribution in [-0.2, 0) is 28.7 Å². The highest BCUT2D eigenvalue weighted by molar-refractivity contribution is 5.92. The van der Waals surface area contributed by atoms with E-state index in [9.17, 15) is 27.6 Å². The number of carbonyl (C=O) groups excluding carboxylic acids is 2. The number of nitrogens with two attached hydrogens (primary N) is 1. The summed E-state index contributed by atoms with van der Waals surface area (Å²) in [5.74, 6) is -1.13. The van der Waals surface area contributed by atoms with Gasteiger partial charge in [0, 0.05) is 18.7 Å². The second-order valence-electron chi connectivity index (χ2n) is 8.54. The molecule has 4 rings (SSSR count). The molecule has 0 saturated heterocycles. The van der Waals surface area contributed by atoms with E-state index in [0.29, 0.717) is 11.5 Å². The molecule has 1 aromatic carbocycles. The fourth-order valence-corrected chi connectivity index (χ4v) is 4.18. The number of amides is 2.